The third-order valence-electron chi connectivity index (χ3n) is 4.24. The normalized spacial score (nSPS) is 10.5. The van der Waals surface area contributed by atoms with Gasteiger partial charge in [0.1, 0.15) is 0 Å². The molecule has 3 aromatic rings. The fourth-order valence-electron chi connectivity index (χ4n) is 3.11. The minimum Gasteiger partial charge on any atom is -1.00 e. The van der Waals surface area contributed by atoms with Crippen LogP contribution in [0.15, 0.2) is 54.6 Å². The summed E-state index contributed by atoms with van der Waals surface area (Å²) in [5.74, 6) is 0. The second-order valence-electron chi connectivity index (χ2n) is 6.82. The van der Waals surface area contributed by atoms with E-state index in [1.165, 1.54) is 33.0 Å². The summed E-state index contributed by atoms with van der Waals surface area (Å²) >= 11 is 0. The van der Waals surface area contributed by atoms with E-state index in [-0.39, 0.29) is 56.4 Å². The average Bonchev–Trinajstić information content (AvgIpc) is 2.89. The molecular formula is C21H23Cl2Zr. The van der Waals surface area contributed by atoms with Crippen molar-refractivity contribution in [2.24, 2.45) is 0 Å². The van der Waals surface area contributed by atoms with Crippen LogP contribution in [0.2, 0.25) is 0 Å². The summed E-state index contributed by atoms with van der Waals surface area (Å²) in [5, 5.41) is 2.74. The molecule has 0 amide bonds. The molecule has 0 aliphatic carbocycles. The van der Waals surface area contributed by atoms with Crippen LogP contribution in [0.1, 0.15) is 38.8 Å². The van der Waals surface area contributed by atoms with Gasteiger partial charge in [0.25, 0.3) is 0 Å². The maximum absolute atomic E-state index is 2.35. The molecule has 0 heterocycles. The van der Waals surface area contributed by atoms with Crippen molar-refractivity contribution in [1.29, 1.82) is 0 Å². The molecule has 3 rings (SSSR count). The molecule has 0 fully saturated rings. The van der Waals surface area contributed by atoms with E-state index in [0.29, 0.717) is 0 Å². The van der Waals surface area contributed by atoms with Crippen LogP contribution in [0.4, 0.5) is 0 Å². The van der Waals surface area contributed by atoms with Gasteiger partial charge in [0.15, 0.2) is 0 Å². The Bertz CT molecular complexity index is 782. The standard InChI is InChI=1S/C21H23.2ClH.Zr/c1-5-15-13-16-9-8-11-17(19(16)14-15)18-10-6-7-12-20(18)21(2,3)4;;;/h6-14H,5H2,1-4H3;2*1H;/q-1;;;+3/p-2. The van der Waals surface area contributed by atoms with Crippen LogP contribution < -0.4 is 24.8 Å². The summed E-state index contributed by atoms with van der Waals surface area (Å²) in [6, 6.07) is 20.1. The number of rotatable bonds is 2. The molecule has 0 atom stereocenters. The van der Waals surface area contributed by atoms with Crippen LogP contribution in [0.25, 0.3) is 21.9 Å². The van der Waals surface area contributed by atoms with E-state index in [2.05, 4.69) is 82.3 Å². The molecule has 0 saturated heterocycles. The first-order valence-corrected chi connectivity index (χ1v) is 7.79. The molecule has 3 aromatic carbocycles. The Hall–Kier alpha value is -0.487. The monoisotopic (exact) mass is 435 g/mol. The second kappa shape index (κ2) is 9.28. The first-order valence-electron chi connectivity index (χ1n) is 7.79. The molecule has 125 valence electrons. The van der Waals surface area contributed by atoms with Crippen molar-refractivity contribution in [3.05, 3.63) is 65.7 Å². The molecule has 0 aliphatic heterocycles. The Kier molecular flexibility index (Phi) is 9.09. The number of hydrogen-bond donors (Lipinski definition) is 0. The van der Waals surface area contributed by atoms with Gasteiger partial charge >= 0.3 is 26.2 Å². The van der Waals surface area contributed by atoms with Crippen LogP contribution >= 0.6 is 0 Å². The number of fused-ring (bicyclic) bond motifs is 1. The van der Waals surface area contributed by atoms with Gasteiger partial charge in [-0.05, 0) is 23.0 Å². The first kappa shape index (κ1) is 23.5. The number of aryl methyl sites for hydroxylation is 1. The third-order valence-corrected chi connectivity index (χ3v) is 4.24. The van der Waals surface area contributed by atoms with Gasteiger partial charge in [-0.2, -0.15) is 6.07 Å². The van der Waals surface area contributed by atoms with Crippen molar-refractivity contribution < 1.29 is 51.0 Å². The summed E-state index contributed by atoms with van der Waals surface area (Å²) in [4.78, 5) is 0. The Labute approximate surface area is 177 Å². The fourth-order valence-corrected chi connectivity index (χ4v) is 3.11. The molecule has 0 N–H and O–H groups in total. The SMILES string of the molecule is CCc1cc2c(-c3ccccc3C(C)(C)C)cccc2[cH-]1.[Cl-].[Cl-].[Zr+3]. The second-order valence-corrected chi connectivity index (χ2v) is 6.82. The molecule has 0 spiro atoms. The molecule has 0 saturated carbocycles. The zero-order chi connectivity index (χ0) is 15.0. The summed E-state index contributed by atoms with van der Waals surface area (Å²) < 4.78 is 0. The van der Waals surface area contributed by atoms with Gasteiger partial charge in [-0.1, -0.05) is 63.6 Å². The minimum atomic E-state index is 0. The summed E-state index contributed by atoms with van der Waals surface area (Å²) in [7, 11) is 0. The van der Waals surface area contributed by atoms with Gasteiger partial charge in [0.05, 0.1) is 0 Å². The molecule has 24 heavy (non-hydrogen) atoms. The van der Waals surface area contributed by atoms with Gasteiger partial charge in [0.2, 0.25) is 0 Å². The molecule has 0 bridgehead atoms. The Morgan fingerprint density at radius 1 is 0.875 bits per heavy atom. The van der Waals surface area contributed by atoms with Gasteiger partial charge < -0.3 is 24.8 Å². The quantitative estimate of drug-likeness (QED) is 0.499. The molecule has 0 aromatic heterocycles. The van der Waals surface area contributed by atoms with Gasteiger partial charge in [-0.25, -0.2) is 0 Å². The minimum absolute atomic E-state index is 0. The van der Waals surface area contributed by atoms with Crippen molar-refractivity contribution in [1.82, 2.24) is 0 Å². The molecular weight excluding hydrogens is 414 g/mol. The zero-order valence-corrected chi connectivity index (χ0v) is 18.6. The van der Waals surface area contributed by atoms with E-state index < -0.39 is 0 Å². The Morgan fingerprint density at radius 2 is 1.50 bits per heavy atom. The van der Waals surface area contributed by atoms with Crippen molar-refractivity contribution in [3.63, 3.8) is 0 Å². The average molecular weight is 438 g/mol. The first-order chi connectivity index (χ1) is 10.0. The van der Waals surface area contributed by atoms with Crippen molar-refractivity contribution in [2.75, 3.05) is 0 Å². The van der Waals surface area contributed by atoms with Crippen LogP contribution in [0.5, 0.6) is 0 Å². The van der Waals surface area contributed by atoms with Crippen molar-refractivity contribution in [2.45, 2.75) is 39.5 Å². The summed E-state index contributed by atoms with van der Waals surface area (Å²) in [6.07, 6.45) is 1.09. The molecule has 3 heteroatoms. The van der Waals surface area contributed by atoms with E-state index in [1.54, 1.807) is 0 Å². The zero-order valence-electron chi connectivity index (χ0n) is 14.7. The number of halogens is 2. The van der Waals surface area contributed by atoms with Crippen LogP contribution in [0, 0.1) is 0 Å². The smallest absolute Gasteiger partial charge is 1.00 e. The van der Waals surface area contributed by atoms with E-state index in [1.807, 2.05) is 0 Å². The largest absolute Gasteiger partial charge is 3.00 e. The van der Waals surface area contributed by atoms with E-state index in [0.717, 1.165) is 6.42 Å². The third kappa shape index (κ3) is 4.57. The molecule has 1 radical (unpaired) electrons. The van der Waals surface area contributed by atoms with Crippen molar-refractivity contribution >= 4 is 10.8 Å². The number of hydrogen-bond acceptors (Lipinski definition) is 0. The van der Waals surface area contributed by atoms with Crippen LogP contribution in [-0.2, 0) is 38.0 Å². The van der Waals surface area contributed by atoms with E-state index >= 15 is 0 Å². The van der Waals surface area contributed by atoms with Gasteiger partial charge in [-0.15, -0.1) is 34.5 Å². The molecule has 0 aliphatic rings. The van der Waals surface area contributed by atoms with Gasteiger partial charge in [-0.3, -0.25) is 0 Å². The van der Waals surface area contributed by atoms with Gasteiger partial charge in [0, 0.05) is 0 Å². The van der Waals surface area contributed by atoms with Crippen LogP contribution in [-0.4, -0.2) is 0 Å². The van der Waals surface area contributed by atoms with Crippen molar-refractivity contribution in [3.8, 4) is 11.1 Å². The Morgan fingerprint density at radius 3 is 2.12 bits per heavy atom. The maximum atomic E-state index is 2.35. The summed E-state index contributed by atoms with van der Waals surface area (Å²) in [6.45, 7) is 9.08. The van der Waals surface area contributed by atoms with E-state index in [9.17, 15) is 0 Å². The predicted molar refractivity (Wildman–Crippen MR) is 93.1 cm³/mol. The van der Waals surface area contributed by atoms with E-state index in [4.69, 9.17) is 0 Å². The molecule has 0 nitrogen and oxygen atoms in total. The van der Waals surface area contributed by atoms with Crippen LogP contribution in [0.3, 0.4) is 0 Å². The topological polar surface area (TPSA) is 0 Å². The Balaban J connectivity index is 0.00000176. The fraction of sp³-hybridized carbons (Fsp3) is 0.286. The maximum Gasteiger partial charge on any atom is 3.00 e. The summed E-state index contributed by atoms with van der Waals surface area (Å²) in [5.41, 5.74) is 5.71. The predicted octanol–water partition coefficient (Wildman–Crippen LogP) is 0.0911. The number of benzene rings is 2. The molecule has 0 unspecified atom stereocenters.